The third-order valence-corrected chi connectivity index (χ3v) is 4.24. The summed E-state index contributed by atoms with van der Waals surface area (Å²) in [5, 5.41) is 12.1. The van der Waals surface area contributed by atoms with Gasteiger partial charge in [-0.05, 0) is 38.3 Å². The molecule has 1 amide bonds. The molecule has 1 saturated carbocycles. The Morgan fingerprint density at radius 1 is 1.26 bits per heavy atom. The summed E-state index contributed by atoms with van der Waals surface area (Å²) in [6.45, 7) is 3.41. The van der Waals surface area contributed by atoms with Gasteiger partial charge in [-0.2, -0.15) is 5.26 Å². The van der Waals surface area contributed by atoms with Crippen molar-refractivity contribution in [2.24, 2.45) is 0 Å². The molecule has 5 heteroatoms. The summed E-state index contributed by atoms with van der Waals surface area (Å²) in [5.74, 6) is -0.945. The molecule has 5 nitrogen and oxygen atoms in total. The Balaban J connectivity index is 1.91. The van der Waals surface area contributed by atoms with Gasteiger partial charge in [0.2, 0.25) is 0 Å². The maximum absolute atomic E-state index is 12.1. The Morgan fingerprint density at radius 3 is 2.57 bits per heavy atom. The fourth-order valence-electron chi connectivity index (χ4n) is 2.97. The summed E-state index contributed by atoms with van der Waals surface area (Å²) < 4.78 is 5.08. The van der Waals surface area contributed by atoms with Crippen molar-refractivity contribution in [2.75, 3.05) is 6.61 Å². The average molecular weight is 314 g/mol. The molecule has 1 fully saturated rings. The number of hydrogen-bond donors (Lipinski definition) is 1. The number of nitrogens with zero attached hydrogens (tertiary/aromatic N) is 1. The first-order chi connectivity index (χ1) is 11.0. The summed E-state index contributed by atoms with van der Waals surface area (Å²) >= 11 is 0. The number of amides is 1. The molecule has 23 heavy (non-hydrogen) atoms. The second kappa shape index (κ2) is 7.28. The van der Waals surface area contributed by atoms with Crippen molar-refractivity contribution in [3.05, 3.63) is 34.9 Å². The second-order valence-electron chi connectivity index (χ2n) is 6.20. The maximum Gasteiger partial charge on any atom is 0.338 e. The molecule has 0 aromatic heterocycles. The van der Waals surface area contributed by atoms with Crippen molar-refractivity contribution in [2.45, 2.75) is 51.5 Å². The molecule has 0 unspecified atom stereocenters. The van der Waals surface area contributed by atoms with Gasteiger partial charge in [0.1, 0.15) is 5.54 Å². The lowest BCUT2D eigenvalue weighted by atomic mass is 9.83. The van der Waals surface area contributed by atoms with Crippen LogP contribution >= 0.6 is 0 Å². The van der Waals surface area contributed by atoms with Gasteiger partial charge in [0, 0.05) is 0 Å². The second-order valence-corrected chi connectivity index (χ2v) is 6.20. The molecule has 1 aliphatic rings. The van der Waals surface area contributed by atoms with Crippen molar-refractivity contribution in [1.29, 1.82) is 5.26 Å². The van der Waals surface area contributed by atoms with Crippen LogP contribution in [-0.4, -0.2) is 24.0 Å². The third kappa shape index (κ3) is 4.32. The number of hydrogen-bond acceptors (Lipinski definition) is 4. The van der Waals surface area contributed by atoms with E-state index in [1.54, 1.807) is 6.07 Å². The predicted octanol–water partition coefficient (Wildman–Crippen LogP) is 2.80. The highest BCUT2D eigenvalue weighted by molar-refractivity contribution is 5.92. The lowest BCUT2D eigenvalue weighted by molar-refractivity contribution is -0.125. The molecule has 0 radical (unpaired) electrons. The first-order valence-corrected chi connectivity index (χ1v) is 7.92. The van der Waals surface area contributed by atoms with Crippen LogP contribution in [0.1, 0.15) is 53.6 Å². The highest BCUT2D eigenvalue weighted by Gasteiger charge is 2.33. The first-order valence-electron chi connectivity index (χ1n) is 7.92. The van der Waals surface area contributed by atoms with Crippen LogP contribution in [-0.2, 0) is 9.53 Å². The summed E-state index contributed by atoms with van der Waals surface area (Å²) in [4.78, 5) is 24.1. The molecule has 1 N–H and O–H groups in total. The highest BCUT2D eigenvalue weighted by atomic mass is 16.5. The van der Waals surface area contributed by atoms with Crippen molar-refractivity contribution in [3.8, 4) is 6.07 Å². The summed E-state index contributed by atoms with van der Waals surface area (Å²) in [6.07, 6.45) is 4.24. The number of nitrogens with one attached hydrogen (secondary N) is 1. The Morgan fingerprint density at radius 2 is 1.96 bits per heavy atom. The molecule has 2 rings (SSSR count). The monoisotopic (exact) mass is 314 g/mol. The normalized spacial score (nSPS) is 16.2. The molecule has 0 bridgehead atoms. The summed E-state index contributed by atoms with van der Waals surface area (Å²) in [5.41, 5.74) is 1.53. The molecule has 1 aromatic carbocycles. The van der Waals surface area contributed by atoms with Gasteiger partial charge in [0.05, 0.1) is 11.6 Å². The molecule has 1 aromatic rings. The van der Waals surface area contributed by atoms with E-state index in [2.05, 4.69) is 11.4 Å². The van der Waals surface area contributed by atoms with Crippen molar-refractivity contribution in [1.82, 2.24) is 5.32 Å². The Bertz CT molecular complexity index is 640. The van der Waals surface area contributed by atoms with Gasteiger partial charge in [0.25, 0.3) is 5.91 Å². The van der Waals surface area contributed by atoms with Crippen molar-refractivity contribution in [3.63, 3.8) is 0 Å². The van der Waals surface area contributed by atoms with E-state index in [4.69, 9.17) is 4.74 Å². The minimum Gasteiger partial charge on any atom is -0.452 e. The van der Waals surface area contributed by atoms with Crippen LogP contribution < -0.4 is 5.32 Å². The zero-order valence-electron chi connectivity index (χ0n) is 13.6. The van der Waals surface area contributed by atoms with Crippen LogP contribution in [0.2, 0.25) is 0 Å². The average Bonchev–Trinajstić information content (AvgIpc) is 2.53. The molecule has 122 valence electrons. The number of carbonyl (C=O) groups is 2. The zero-order chi connectivity index (χ0) is 16.9. The first kappa shape index (κ1) is 17.0. The summed E-state index contributed by atoms with van der Waals surface area (Å²) in [6, 6.07) is 7.63. The van der Waals surface area contributed by atoms with Gasteiger partial charge in [-0.15, -0.1) is 0 Å². The lowest BCUT2D eigenvalue weighted by Crippen LogP contribution is -2.50. The number of ether oxygens (including phenoxy) is 1. The van der Waals surface area contributed by atoms with Gasteiger partial charge in [-0.3, -0.25) is 4.79 Å². The van der Waals surface area contributed by atoms with Gasteiger partial charge < -0.3 is 10.1 Å². The number of esters is 1. The van der Waals surface area contributed by atoms with E-state index < -0.39 is 17.4 Å². The predicted molar refractivity (Wildman–Crippen MR) is 85.8 cm³/mol. The molecule has 0 spiro atoms. The van der Waals surface area contributed by atoms with Crippen LogP contribution in [0.5, 0.6) is 0 Å². The smallest absolute Gasteiger partial charge is 0.338 e. The zero-order valence-corrected chi connectivity index (χ0v) is 13.6. The number of carbonyl (C=O) groups excluding carboxylic acids is 2. The van der Waals surface area contributed by atoms with E-state index in [9.17, 15) is 14.9 Å². The largest absolute Gasteiger partial charge is 0.452 e. The van der Waals surface area contributed by atoms with Gasteiger partial charge in [-0.25, -0.2) is 4.79 Å². The van der Waals surface area contributed by atoms with Crippen LogP contribution in [0.4, 0.5) is 0 Å². The third-order valence-electron chi connectivity index (χ3n) is 4.24. The van der Waals surface area contributed by atoms with E-state index >= 15 is 0 Å². The summed E-state index contributed by atoms with van der Waals surface area (Å²) in [7, 11) is 0. The van der Waals surface area contributed by atoms with Crippen LogP contribution in [0.15, 0.2) is 18.2 Å². The van der Waals surface area contributed by atoms with Gasteiger partial charge >= 0.3 is 5.97 Å². The van der Waals surface area contributed by atoms with E-state index in [-0.39, 0.29) is 6.61 Å². The van der Waals surface area contributed by atoms with E-state index in [0.29, 0.717) is 18.4 Å². The topological polar surface area (TPSA) is 79.2 Å². The number of nitriles is 1. The van der Waals surface area contributed by atoms with Crippen LogP contribution in [0, 0.1) is 25.2 Å². The molecule has 0 aliphatic heterocycles. The van der Waals surface area contributed by atoms with Crippen LogP contribution in [0.25, 0.3) is 0 Å². The molecule has 0 saturated heterocycles. The molecular formula is C18H22N2O3. The fourth-order valence-corrected chi connectivity index (χ4v) is 2.97. The quantitative estimate of drug-likeness (QED) is 0.867. The fraction of sp³-hybridized carbons (Fsp3) is 0.500. The Labute approximate surface area is 136 Å². The van der Waals surface area contributed by atoms with E-state index in [1.807, 2.05) is 26.0 Å². The van der Waals surface area contributed by atoms with Crippen molar-refractivity contribution < 1.29 is 14.3 Å². The maximum atomic E-state index is 12.1. The Kier molecular flexibility index (Phi) is 5.38. The van der Waals surface area contributed by atoms with E-state index in [0.717, 1.165) is 30.4 Å². The SMILES string of the molecule is Cc1ccc(C(=O)OCC(=O)NC2(C#N)CCCCC2)c(C)c1. The molecular weight excluding hydrogens is 292 g/mol. The number of benzene rings is 1. The molecule has 0 atom stereocenters. The Hall–Kier alpha value is -2.35. The lowest BCUT2D eigenvalue weighted by Gasteiger charge is -2.31. The number of aryl methyl sites for hydroxylation is 2. The van der Waals surface area contributed by atoms with Gasteiger partial charge in [-0.1, -0.05) is 37.0 Å². The molecule has 1 aliphatic carbocycles. The van der Waals surface area contributed by atoms with E-state index in [1.165, 1.54) is 0 Å². The minimum atomic E-state index is -0.804. The highest BCUT2D eigenvalue weighted by Crippen LogP contribution is 2.27. The minimum absolute atomic E-state index is 0.365. The standard InChI is InChI=1S/C18H22N2O3/c1-13-6-7-15(14(2)10-13)17(22)23-11-16(21)20-18(12-19)8-4-3-5-9-18/h6-7,10H,3-5,8-9,11H2,1-2H3,(H,20,21). The van der Waals surface area contributed by atoms with Crippen molar-refractivity contribution >= 4 is 11.9 Å². The number of rotatable bonds is 4. The van der Waals surface area contributed by atoms with Crippen LogP contribution in [0.3, 0.4) is 0 Å². The molecule has 0 heterocycles. The van der Waals surface area contributed by atoms with Gasteiger partial charge in [0.15, 0.2) is 6.61 Å².